The van der Waals surface area contributed by atoms with E-state index in [-0.39, 0.29) is 16.8 Å². The van der Waals surface area contributed by atoms with Gasteiger partial charge in [0, 0.05) is 0 Å². The number of nitrogens with one attached hydrogen (secondary N) is 1. The number of fused-ring (bicyclic) bond motifs is 1. The molecule has 0 fully saturated rings. The van der Waals surface area contributed by atoms with Crippen molar-refractivity contribution < 1.29 is 17.9 Å². The van der Waals surface area contributed by atoms with E-state index >= 15 is 0 Å². The van der Waals surface area contributed by atoms with Crippen LogP contribution < -0.4 is 15.2 Å². The fourth-order valence-electron chi connectivity index (χ4n) is 3.05. The number of primary sulfonamides is 1. The van der Waals surface area contributed by atoms with Crippen molar-refractivity contribution in [3.8, 4) is 5.75 Å². The molecule has 2 aromatic rings. The highest BCUT2D eigenvalue weighted by atomic mass is 32.2. The summed E-state index contributed by atoms with van der Waals surface area (Å²) in [4.78, 5) is 12.6. The number of hydrogen-bond acceptors (Lipinski definition) is 4. The molecule has 0 bridgehead atoms. The van der Waals surface area contributed by atoms with Crippen molar-refractivity contribution in [1.82, 2.24) is 5.32 Å². The summed E-state index contributed by atoms with van der Waals surface area (Å²) in [5.74, 6) is 0.524. The predicted octanol–water partition coefficient (Wildman–Crippen LogP) is 2.21. The zero-order valence-corrected chi connectivity index (χ0v) is 15.5. The van der Waals surface area contributed by atoms with Gasteiger partial charge < -0.3 is 10.1 Å². The van der Waals surface area contributed by atoms with E-state index in [9.17, 15) is 13.2 Å². The average molecular weight is 374 g/mol. The Morgan fingerprint density at radius 3 is 2.77 bits per heavy atom. The summed E-state index contributed by atoms with van der Waals surface area (Å²) >= 11 is 0. The number of hydrogen-bond donors (Lipinski definition) is 2. The Balaban J connectivity index is 1.69. The molecule has 26 heavy (non-hydrogen) atoms. The van der Waals surface area contributed by atoms with E-state index in [1.807, 2.05) is 19.1 Å². The Hall–Kier alpha value is -2.38. The molecule has 6 nitrogen and oxygen atoms in total. The molecule has 2 aromatic carbocycles. The standard InChI is InChI=1S/C19H22N2O4S/c1-12-6-8-17-15(10-12)7-9-18(25-17)19(22)21-13(2)14-4-3-5-16(11-14)26(20,23)24/h3-6,8,10-11,13,18H,7,9H2,1-2H3,(H,21,22)(H2,20,23,24). The molecule has 1 heterocycles. The highest BCUT2D eigenvalue weighted by Gasteiger charge is 2.27. The molecule has 0 spiro atoms. The Kier molecular flexibility index (Phi) is 5.02. The van der Waals surface area contributed by atoms with Gasteiger partial charge in [-0.2, -0.15) is 0 Å². The van der Waals surface area contributed by atoms with Crippen LogP contribution in [0.5, 0.6) is 5.75 Å². The van der Waals surface area contributed by atoms with Crippen molar-refractivity contribution in [2.24, 2.45) is 5.14 Å². The molecule has 0 radical (unpaired) electrons. The number of nitrogens with two attached hydrogens (primary N) is 1. The van der Waals surface area contributed by atoms with Gasteiger partial charge >= 0.3 is 0 Å². The molecule has 1 amide bonds. The fraction of sp³-hybridized carbons (Fsp3) is 0.316. The molecule has 7 heteroatoms. The van der Waals surface area contributed by atoms with Crippen LogP contribution in [0.4, 0.5) is 0 Å². The topological polar surface area (TPSA) is 98.5 Å². The number of ether oxygens (including phenoxy) is 1. The Labute approximate surface area is 153 Å². The molecule has 1 aliphatic rings. The number of carbonyl (C=O) groups is 1. The zero-order chi connectivity index (χ0) is 18.9. The number of rotatable bonds is 4. The van der Waals surface area contributed by atoms with Gasteiger partial charge in [-0.15, -0.1) is 0 Å². The van der Waals surface area contributed by atoms with Crippen molar-refractivity contribution in [3.05, 3.63) is 59.2 Å². The van der Waals surface area contributed by atoms with Gasteiger partial charge in [-0.05, 0) is 56.0 Å². The maximum Gasteiger partial charge on any atom is 0.261 e. The second-order valence-electron chi connectivity index (χ2n) is 6.60. The maximum absolute atomic E-state index is 12.6. The summed E-state index contributed by atoms with van der Waals surface area (Å²) in [6.45, 7) is 3.82. The number of carbonyl (C=O) groups excluding carboxylic acids is 1. The first-order chi connectivity index (χ1) is 12.2. The van der Waals surface area contributed by atoms with Crippen LogP contribution in [-0.4, -0.2) is 20.4 Å². The van der Waals surface area contributed by atoms with Gasteiger partial charge in [-0.3, -0.25) is 4.79 Å². The van der Waals surface area contributed by atoms with E-state index < -0.39 is 16.1 Å². The Morgan fingerprint density at radius 2 is 2.04 bits per heavy atom. The van der Waals surface area contributed by atoms with Crippen LogP contribution in [0.3, 0.4) is 0 Å². The second kappa shape index (κ2) is 7.09. The average Bonchev–Trinajstić information content (AvgIpc) is 2.60. The molecule has 138 valence electrons. The summed E-state index contributed by atoms with van der Waals surface area (Å²) in [5.41, 5.74) is 2.94. The Bertz CT molecular complexity index is 940. The van der Waals surface area contributed by atoms with Crippen LogP contribution in [0.1, 0.15) is 36.1 Å². The van der Waals surface area contributed by atoms with Gasteiger partial charge in [0.2, 0.25) is 10.0 Å². The first-order valence-electron chi connectivity index (χ1n) is 8.43. The number of benzene rings is 2. The second-order valence-corrected chi connectivity index (χ2v) is 8.17. The molecule has 0 saturated heterocycles. The fourth-order valence-corrected chi connectivity index (χ4v) is 3.62. The lowest BCUT2D eigenvalue weighted by Crippen LogP contribution is -2.41. The summed E-state index contributed by atoms with van der Waals surface area (Å²) < 4.78 is 28.8. The molecule has 3 rings (SSSR count). The highest BCUT2D eigenvalue weighted by molar-refractivity contribution is 7.89. The van der Waals surface area contributed by atoms with Crippen molar-refractivity contribution in [2.75, 3.05) is 0 Å². The minimum absolute atomic E-state index is 0.0225. The molecule has 3 N–H and O–H groups in total. The molecular weight excluding hydrogens is 352 g/mol. The monoisotopic (exact) mass is 374 g/mol. The van der Waals surface area contributed by atoms with Gasteiger partial charge in [0.05, 0.1) is 10.9 Å². The van der Waals surface area contributed by atoms with Crippen LogP contribution >= 0.6 is 0 Å². The van der Waals surface area contributed by atoms with Crippen LogP contribution in [0, 0.1) is 6.92 Å². The molecule has 2 atom stereocenters. The first kappa shape index (κ1) is 18.4. The number of amides is 1. The van der Waals surface area contributed by atoms with Crippen molar-refractivity contribution >= 4 is 15.9 Å². The van der Waals surface area contributed by atoms with Gasteiger partial charge in [0.15, 0.2) is 6.10 Å². The van der Waals surface area contributed by atoms with E-state index in [4.69, 9.17) is 9.88 Å². The lowest BCUT2D eigenvalue weighted by molar-refractivity contribution is -0.129. The third-order valence-corrected chi connectivity index (χ3v) is 5.41. The van der Waals surface area contributed by atoms with Crippen molar-refractivity contribution in [2.45, 2.75) is 43.7 Å². The quantitative estimate of drug-likeness (QED) is 0.857. The maximum atomic E-state index is 12.6. The minimum atomic E-state index is -3.78. The summed E-state index contributed by atoms with van der Waals surface area (Å²) in [7, 11) is -3.78. The van der Waals surface area contributed by atoms with E-state index in [0.717, 1.165) is 17.7 Å². The van der Waals surface area contributed by atoms with Crippen LogP contribution in [0.2, 0.25) is 0 Å². The molecular formula is C19H22N2O4S. The molecule has 1 aliphatic heterocycles. The SMILES string of the molecule is Cc1ccc2c(c1)CCC(C(=O)NC(C)c1cccc(S(N)(=O)=O)c1)O2. The van der Waals surface area contributed by atoms with Crippen LogP contribution in [-0.2, 0) is 21.2 Å². The molecule has 0 saturated carbocycles. The van der Waals surface area contributed by atoms with Crippen LogP contribution in [0.15, 0.2) is 47.4 Å². The minimum Gasteiger partial charge on any atom is -0.480 e. The van der Waals surface area contributed by atoms with Gasteiger partial charge in [0.25, 0.3) is 5.91 Å². The van der Waals surface area contributed by atoms with E-state index in [0.29, 0.717) is 12.0 Å². The van der Waals surface area contributed by atoms with Crippen molar-refractivity contribution in [3.63, 3.8) is 0 Å². The van der Waals surface area contributed by atoms with E-state index in [1.54, 1.807) is 19.1 Å². The molecule has 2 unspecified atom stereocenters. The van der Waals surface area contributed by atoms with Crippen LogP contribution in [0.25, 0.3) is 0 Å². The lowest BCUT2D eigenvalue weighted by atomic mass is 9.99. The largest absolute Gasteiger partial charge is 0.480 e. The Morgan fingerprint density at radius 1 is 1.27 bits per heavy atom. The lowest BCUT2D eigenvalue weighted by Gasteiger charge is -2.27. The summed E-state index contributed by atoms with van der Waals surface area (Å²) in [5, 5.41) is 8.05. The van der Waals surface area contributed by atoms with Gasteiger partial charge in [0.1, 0.15) is 5.75 Å². The van der Waals surface area contributed by atoms with Gasteiger partial charge in [-0.25, -0.2) is 13.6 Å². The molecule has 0 aliphatic carbocycles. The third-order valence-electron chi connectivity index (χ3n) is 4.50. The molecule has 0 aromatic heterocycles. The predicted molar refractivity (Wildman–Crippen MR) is 98.3 cm³/mol. The summed E-state index contributed by atoms with van der Waals surface area (Å²) in [6, 6.07) is 11.8. The number of sulfonamides is 1. The van der Waals surface area contributed by atoms with Gasteiger partial charge in [-0.1, -0.05) is 29.8 Å². The van der Waals surface area contributed by atoms with E-state index in [1.165, 1.54) is 17.7 Å². The first-order valence-corrected chi connectivity index (χ1v) is 9.98. The highest BCUT2D eigenvalue weighted by Crippen LogP contribution is 2.28. The summed E-state index contributed by atoms with van der Waals surface area (Å²) in [6.07, 6.45) is 0.824. The normalized spacial score (nSPS) is 17.7. The van der Waals surface area contributed by atoms with E-state index in [2.05, 4.69) is 11.4 Å². The third kappa shape index (κ3) is 4.05. The number of aryl methyl sites for hydroxylation is 2. The van der Waals surface area contributed by atoms with Crippen molar-refractivity contribution in [1.29, 1.82) is 0 Å². The smallest absolute Gasteiger partial charge is 0.261 e. The zero-order valence-electron chi connectivity index (χ0n) is 14.7.